The van der Waals surface area contributed by atoms with E-state index in [0.29, 0.717) is 0 Å². The lowest BCUT2D eigenvalue weighted by Gasteiger charge is -2.19. The molecule has 1 atom stereocenters. The maximum absolute atomic E-state index is 13.3. The molecule has 0 fully saturated rings. The van der Waals surface area contributed by atoms with E-state index in [4.69, 9.17) is 9.84 Å². The molecule has 2 aromatic rings. The first-order valence-corrected chi connectivity index (χ1v) is 9.92. The van der Waals surface area contributed by atoms with Crippen molar-refractivity contribution < 1.29 is 33.0 Å². The molecule has 9 heteroatoms. The monoisotopic (exact) mass is 444 g/mol. The van der Waals surface area contributed by atoms with E-state index in [0.717, 1.165) is 34.4 Å². The summed E-state index contributed by atoms with van der Waals surface area (Å²) < 4.78 is 31.9. The lowest BCUT2D eigenvalue weighted by atomic mass is 9.98. The minimum atomic E-state index is -2.99. The van der Waals surface area contributed by atoms with Crippen LogP contribution in [0.15, 0.2) is 60.7 Å². The molecule has 1 aliphatic carbocycles. The SMILES string of the molecule is O=C(O)/C=C/CNC(=O)CC(NC(=O)OCC1c2ccccc2-c2ccccc21)C(F)F. The predicted molar refractivity (Wildman–Crippen MR) is 112 cm³/mol. The van der Waals surface area contributed by atoms with E-state index >= 15 is 0 Å². The molecule has 32 heavy (non-hydrogen) atoms. The van der Waals surface area contributed by atoms with Crippen LogP contribution < -0.4 is 10.6 Å². The summed E-state index contributed by atoms with van der Waals surface area (Å²) in [6, 6.07) is 13.7. The van der Waals surface area contributed by atoms with E-state index in [1.807, 2.05) is 53.8 Å². The highest BCUT2D eigenvalue weighted by molar-refractivity contribution is 5.81. The van der Waals surface area contributed by atoms with E-state index < -0.39 is 36.9 Å². The van der Waals surface area contributed by atoms with Gasteiger partial charge in [-0.05, 0) is 22.3 Å². The Morgan fingerprint density at radius 3 is 2.19 bits per heavy atom. The third-order valence-corrected chi connectivity index (χ3v) is 5.03. The second-order valence-corrected chi connectivity index (χ2v) is 7.16. The van der Waals surface area contributed by atoms with Gasteiger partial charge in [-0.15, -0.1) is 0 Å². The van der Waals surface area contributed by atoms with Gasteiger partial charge in [-0.3, -0.25) is 4.79 Å². The summed E-state index contributed by atoms with van der Waals surface area (Å²) in [7, 11) is 0. The Bertz CT molecular complexity index is 979. The van der Waals surface area contributed by atoms with Crippen molar-refractivity contribution in [3.8, 4) is 11.1 Å². The van der Waals surface area contributed by atoms with Crippen molar-refractivity contribution in [2.75, 3.05) is 13.2 Å². The minimum absolute atomic E-state index is 0.0397. The summed E-state index contributed by atoms with van der Waals surface area (Å²) in [6.07, 6.45) is -2.73. The number of alkyl carbamates (subject to hydrolysis) is 1. The summed E-state index contributed by atoms with van der Waals surface area (Å²) in [4.78, 5) is 34.4. The second kappa shape index (κ2) is 10.5. The van der Waals surface area contributed by atoms with Gasteiger partial charge in [0.1, 0.15) is 12.6 Å². The Balaban J connectivity index is 1.56. The molecule has 0 heterocycles. The fourth-order valence-corrected chi connectivity index (χ4v) is 3.60. The van der Waals surface area contributed by atoms with Crippen LogP contribution in [-0.2, 0) is 14.3 Å². The number of rotatable bonds is 9. The molecule has 7 nitrogen and oxygen atoms in total. The highest BCUT2D eigenvalue weighted by atomic mass is 19.3. The summed E-state index contributed by atoms with van der Waals surface area (Å²) in [5.41, 5.74) is 4.05. The number of fused-ring (bicyclic) bond motifs is 3. The van der Waals surface area contributed by atoms with Gasteiger partial charge >= 0.3 is 12.1 Å². The van der Waals surface area contributed by atoms with E-state index in [-0.39, 0.29) is 19.1 Å². The number of aliphatic carboxylic acids is 1. The molecule has 3 rings (SSSR count). The van der Waals surface area contributed by atoms with E-state index in [1.54, 1.807) is 0 Å². The van der Waals surface area contributed by atoms with Crippen molar-refractivity contribution in [2.24, 2.45) is 0 Å². The van der Waals surface area contributed by atoms with E-state index in [2.05, 4.69) is 5.32 Å². The fourth-order valence-electron chi connectivity index (χ4n) is 3.60. The Morgan fingerprint density at radius 2 is 1.62 bits per heavy atom. The molecule has 1 unspecified atom stereocenters. The minimum Gasteiger partial charge on any atom is -0.478 e. The number of carbonyl (C=O) groups excluding carboxylic acids is 2. The Kier molecular flexibility index (Phi) is 7.54. The van der Waals surface area contributed by atoms with Crippen molar-refractivity contribution in [3.05, 3.63) is 71.8 Å². The summed E-state index contributed by atoms with van der Waals surface area (Å²) >= 11 is 0. The molecule has 2 aromatic carbocycles. The molecule has 0 saturated carbocycles. The smallest absolute Gasteiger partial charge is 0.407 e. The Hall–Kier alpha value is -3.75. The van der Waals surface area contributed by atoms with Gasteiger partial charge in [-0.1, -0.05) is 54.6 Å². The lowest BCUT2D eigenvalue weighted by Crippen LogP contribution is -2.44. The molecule has 0 bridgehead atoms. The first-order valence-electron chi connectivity index (χ1n) is 9.92. The molecule has 1 aliphatic rings. The topological polar surface area (TPSA) is 105 Å². The predicted octanol–water partition coefficient (Wildman–Crippen LogP) is 3.31. The van der Waals surface area contributed by atoms with Crippen molar-refractivity contribution in [3.63, 3.8) is 0 Å². The maximum atomic E-state index is 13.3. The van der Waals surface area contributed by atoms with Crippen LogP contribution in [0.1, 0.15) is 23.5 Å². The average molecular weight is 444 g/mol. The molecule has 3 N–H and O–H groups in total. The third-order valence-electron chi connectivity index (χ3n) is 5.03. The second-order valence-electron chi connectivity index (χ2n) is 7.16. The molecule has 0 aliphatic heterocycles. The molecule has 0 saturated heterocycles. The summed E-state index contributed by atoms with van der Waals surface area (Å²) in [6.45, 7) is -0.173. The first kappa shape index (κ1) is 22.9. The number of benzene rings is 2. The Morgan fingerprint density at radius 1 is 1.03 bits per heavy atom. The van der Waals surface area contributed by atoms with Crippen LogP contribution in [0, 0.1) is 0 Å². The molecular weight excluding hydrogens is 422 g/mol. The molecule has 0 radical (unpaired) electrons. The first-order chi connectivity index (χ1) is 15.4. The quantitative estimate of drug-likeness (QED) is 0.515. The highest BCUT2D eigenvalue weighted by Crippen LogP contribution is 2.44. The van der Waals surface area contributed by atoms with Crippen LogP contribution in [-0.4, -0.2) is 48.7 Å². The largest absolute Gasteiger partial charge is 0.478 e. The highest BCUT2D eigenvalue weighted by Gasteiger charge is 2.30. The van der Waals surface area contributed by atoms with Gasteiger partial charge in [0.05, 0.1) is 6.42 Å². The zero-order chi connectivity index (χ0) is 23.1. The van der Waals surface area contributed by atoms with Gasteiger partial charge in [0.25, 0.3) is 6.43 Å². The number of nitrogens with one attached hydrogen (secondary N) is 2. The number of amides is 2. The zero-order valence-corrected chi connectivity index (χ0v) is 17.0. The van der Waals surface area contributed by atoms with Gasteiger partial charge in [0.2, 0.25) is 5.91 Å². The molecule has 168 valence electrons. The van der Waals surface area contributed by atoms with Crippen LogP contribution in [0.4, 0.5) is 13.6 Å². The zero-order valence-electron chi connectivity index (χ0n) is 17.0. The van der Waals surface area contributed by atoms with Gasteiger partial charge < -0.3 is 20.5 Å². The van der Waals surface area contributed by atoms with E-state index in [9.17, 15) is 23.2 Å². The fraction of sp³-hybridized carbons (Fsp3) is 0.261. The summed E-state index contributed by atoms with van der Waals surface area (Å²) in [5, 5.41) is 12.8. The lowest BCUT2D eigenvalue weighted by molar-refractivity contribution is -0.131. The maximum Gasteiger partial charge on any atom is 0.407 e. The van der Waals surface area contributed by atoms with Crippen molar-refractivity contribution in [1.29, 1.82) is 0 Å². The van der Waals surface area contributed by atoms with E-state index in [1.165, 1.54) is 0 Å². The van der Waals surface area contributed by atoms with Gasteiger partial charge in [-0.2, -0.15) is 0 Å². The number of hydrogen-bond donors (Lipinski definition) is 3. The molecular formula is C23H22F2N2O5. The number of hydrogen-bond acceptors (Lipinski definition) is 4. The third kappa shape index (κ3) is 5.69. The molecule has 0 spiro atoms. The average Bonchev–Trinajstić information content (AvgIpc) is 3.08. The number of halogens is 2. The molecule has 0 aromatic heterocycles. The van der Waals surface area contributed by atoms with Crippen molar-refractivity contribution in [1.82, 2.24) is 10.6 Å². The number of alkyl halides is 2. The van der Waals surface area contributed by atoms with Crippen molar-refractivity contribution >= 4 is 18.0 Å². The van der Waals surface area contributed by atoms with Gasteiger partial charge in [0, 0.05) is 18.5 Å². The van der Waals surface area contributed by atoms with Gasteiger partial charge in [-0.25, -0.2) is 18.4 Å². The Labute approximate surface area is 183 Å². The van der Waals surface area contributed by atoms with Crippen LogP contribution in [0.25, 0.3) is 11.1 Å². The normalized spacial score (nSPS) is 13.5. The summed E-state index contributed by atoms with van der Waals surface area (Å²) in [5.74, 6) is -2.17. The number of carboxylic acids is 1. The number of carbonyl (C=O) groups is 3. The number of ether oxygens (including phenoxy) is 1. The number of carboxylic acid groups (broad SMARTS) is 1. The van der Waals surface area contributed by atoms with Crippen LogP contribution in [0.2, 0.25) is 0 Å². The van der Waals surface area contributed by atoms with Crippen LogP contribution >= 0.6 is 0 Å². The van der Waals surface area contributed by atoms with Crippen LogP contribution in [0.3, 0.4) is 0 Å². The molecule has 2 amide bonds. The van der Waals surface area contributed by atoms with Gasteiger partial charge in [0.15, 0.2) is 0 Å². The standard InChI is InChI=1S/C23H22F2N2O5/c24-22(25)19(12-20(28)26-11-5-10-21(29)30)27-23(31)32-13-18-16-8-3-1-6-14(16)15-7-2-4-9-17(15)18/h1-10,18-19,22H,11-13H2,(H,26,28)(H,27,31)(H,29,30)/b10-5+. The van der Waals surface area contributed by atoms with Crippen molar-refractivity contribution in [2.45, 2.75) is 24.8 Å². The van der Waals surface area contributed by atoms with Crippen LogP contribution in [0.5, 0.6) is 0 Å².